The predicted molar refractivity (Wildman–Crippen MR) is 322 cm³/mol. The second kappa shape index (κ2) is 17.8. The minimum atomic E-state index is -0.518. The van der Waals surface area contributed by atoms with Gasteiger partial charge in [-0.15, -0.1) is 11.3 Å². The summed E-state index contributed by atoms with van der Waals surface area (Å²) < 4.78 is 4.96. The Kier molecular flexibility index (Phi) is 10.3. The molecule has 0 N–H and O–H groups in total. The molecule has 14 aromatic rings. The van der Waals surface area contributed by atoms with Crippen LogP contribution in [-0.2, 0) is 5.41 Å². The molecule has 76 heavy (non-hydrogen) atoms. The maximum Gasteiger partial charge on any atom is 0.0714 e. The van der Waals surface area contributed by atoms with Crippen LogP contribution in [0.4, 0.5) is 17.1 Å². The fourth-order valence-corrected chi connectivity index (χ4v) is 13.5. The van der Waals surface area contributed by atoms with E-state index < -0.39 is 5.41 Å². The van der Waals surface area contributed by atoms with E-state index in [9.17, 15) is 0 Å². The highest BCUT2D eigenvalue weighted by atomic mass is 32.1. The molecule has 0 radical (unpaired) electrons. The van der Waals surface area contributed by atoms with Crippen LogP contribution in [0.3, 0.4) is 0 Å². The molecular formula is C73H48N2S. The molecule has 0 unspecified atom stereocenters. The molecule has 3 heteroatoms. The van der Waals surface area contributed by atoms with E-state index in [4.69, 9.17) is 0 Å². The third-order valence-electron chi connectivity index (χ3n) is 15.9. The summed E-state index contributed by atoms with van der Waals surface area (Å²) in [4.78, 5) is 2.46. The van der Waals surface area contributed by atoms with E-state index in [0.29, 0.717) is 0 Å². The van der Waals surface area contributed by atoms with E-state index in [2.05, 4.69) is 301 Å². The van der Waals surface area contributed by atoms with Crippen LogP contribution in [0, 0.1) is 0 Å². The molecule has 1 aliphatic carbocycles. The highest BCUT2D eigenvalue weighted by molar-refractivity contribution is 7.25. The Balaban J connectivity index is 0.824. The second-order valence-electron chi connectivity index (χ2n) is 20.0. The summed E-state index contributed by atoms with van der Waals surface area (Å²) in [6.07, 6.45) is 0. The third-order valence-corrected chi connectivity index (χ3v) is 17.0. The van der Waals surface area contributed by atoms with Crippen molar-refractivity contribution < 1.29 is 0 Å². The molecule has 356 valence electrons. The van der Waals surface area contributed by atoms with Crippen LogP contribution in [0.5, 0.6) is 0 Å². The maximum atomic E-state index is 2.47. The first-order valence-electron chi connectivity index (χ1n) is 26.1. The number of anilines is 3. The van der Waals surface area contributed by atoms with Crippen LogP contribution in [0.1, 0.15) is 22.3 Å². The third kappa shape index (κ3) is 7.01. The summed E-state index contributed by atoms with van der Waals surface area (Å²) in [7, 11) is 0. The quantitative estimate of drug-likeness (QED) is 0.140. The molecule has 0 bridgehead atoms. The van der Waals surface area contributed by atoms with Gasteiger partial charge in [0.25, 0.3) is 0 Å². The van der Waals surface area contributed by atoms with Crippen molar-refractivity contribution in [3.63, 3.8) is 0 Å². The van der Waals surface area contributed by atoms with Gasteiger partial charge in [-0.3, -0.25) is 0 Å². The minimum absolute atomic E-state index is 0.518. The number of fused-ring (bicyclic) bond motifs is 9. The molecule has 1 aliphatic rings. The van der Waals surface area contributed by atoms with Gasteiger partial charge in [0.2, 0.25) is 0 Å². The topological polar surface area (TPSA) is 8.17 Å². The summed E-state index contributed by atoms with van der Waals surface area (Å²) >= 11 is 1.86. The van der Waals surface area contributed by atoms with Crippen molar-refractivity contribution in [3.05, 3.63) is 313 Å². The SMILES string of the molecule is c1ccc(-n2c3ccccc3c3cc(-c4cccc(-c5cccc(-c6ccc(N(c7ccc8c(c7)C(c7ccccc7)(c7ccccc7)c7ccccc7-8)c7ccc8sc9ccccc9c8c7)cc6)c5)c4)ccc32)cc1. The number of para-hydroxylation sites is 2. The van der Waals surface area contributed by atoms with Crippen molar-refractivity contribution in [2.45, 2.75) is 5.41 Å². The molecule has 2 heterocycles. The Morgan fingerprint density at radius 2 is 0.803 bits per heavy atom. The lowest BCUT2D eigenvalue weighted by molar-refractivity contribution is 0.768. The molecule has 12 aromatic carbocycles. The molecule has 0 fully saturated rings. The highest BCUT2D eigenvalue weighted by Gasteiger charge is 2.46. The van der Waals surface area contributed by atoms with E-state index in [-0.39, 0.29) is 0 Å². The first-order valence-corrected chi connectivity index (χ1v) is 27.0. The molecular weight excluding hydrogens is 937 g/mol. The van der Waals surface area contributed by atoms with Crippen molar-refractivity contribution in [1.29, 1.82) is 0 Å². The lowest BCUT2D eigenvalue weighted by Gasteiger charge is -2.35. The standard InChI is InChI=1S/C73H48N2S/c1-4-22-55(23-5-1)73(56-24-6-2-7-25-56)67-31-13-10-28-61(67)62-41-39-60(48-68(62)73)74(59-40-43-72-66(47-59)64-30-12-15-33-71(64)76-72)58-37-34-49(35-38-58)50-18-16-19-51(44-50)52-20-17-21-53(45-52)54-36-42-70-65(46-54)63-29-11-14-32-69(63)75(70)57-26-8-3-9-27-57/h1-48H. The molecule has 0 saturated heterocycles. The van der Waals surface area contributed by atoms with Gasteiger partial charge in [-0.1, -0.05) is 200 Å². The smallest absolute Gasteiger partial charge is 0.0714 e. The van der Waals surface area contributed by atoms with Crippen LogP contribution < -0.4 is 4.90 Å². The Morgan fingerprint density at radius 3 is 1.53 bits per heavy atom. The Bertz CT molecular complexity index is 4470. The molecule has 2 nitrogen and oxygen atoms in total. The number of hydrogen-bond acceptors (Lipinski definition) is 2. The second-order valence-corrected chi connectivity index (χ2v) is 21.1. The molecule has 0 saturated carbocycles. The lowest BCUT2D eigenvalue weighted by atomic mass is 9.67. The van der Waals surface area contributed by atoms with E-state index in [1.54, 1.807) is 0 Å². The largest absolute Gasteiger partial charge is 0.310 e. The zero-order valence-corrected chi connectivity index (χ0v) is 42.3. The van der Waals surface area contributed by atoms with Crippen LogP contribution in [0.15, 0.2) is 291 Å². The summed E-state index contributed by atoms with van der Waals surface area (Å²) in [6, 6.07) is 108. The Hall–Kier alpha value is -9.54. The van der Waals surface area contributed by atoms with Gasteiger partial charge in [0.1, 0.15) is 0 Å². The average Bonchev–Trinajstić information content (AvgIpc) is 4.28. The predicted octanol–water partition coefficient (Wildman–Crippen LogP) is 20.0. The summed E-state index contributed by atoms with van der Waals surface area (Å²) in [5, 5.41) is 5.06. The first-order chi connectivity index (χ1) is 37.7. The van der Waals surface area contributed by atoms with Gasteiger partial charge < -0.3 is 9.47 Å². The molecule has 2 aromatic heterocycles. The highest BCUT2D eigenvalue weighted by Crippen LogP contribution is 2.57. The lowest BCUT2D eigenvalue weighted by Crippen LogP contribution is -2.28. The number of thiophene rings is 1. The Morgan fingerprint density at radius 1 is 0.289 bits per heavy atom. The van der Waals surface area contributed by atoms with Gasteiger partial charge in [0.15, 0.2) is 0 Å². The van der Waals surface area contributed by atoms with Gasteiger partial charge in [0.05, 0.1) is 16.4 Å². The number of rotatable bonds is 9. The van der Waals surface area contributed by atoms with E-state index in [1.807, 2.05) is 11.3 Å². The van der Waals surface area contributed by atoms with Crippen molar-refractivity contribution >= 4 is 70.4 Å². The summed E-state index contributed by atoms with van der Waals surface area (Å²) in [5.74, 6) is 0. The van der Waals surface area contributed by atoms with Gasteiger partial charge >= 0.3 is 0 Å². The van der Waals surface area contributed by atoms with Crippen LogP contribution in [-0.4, -0.2) is 4.57 Å². The molecule has 15 rings (SSSR count). The normalized spacial score (nSPS) is 12.6. The van der Waals surface area contributed by atoms with Gasteiger partial charge in [0, 0.05) is 53.7 Å². The zero-order valence-electron chi connectivity index (χ0n) is 41.5. The number of benzene rings is 12. The van der Waals surface area contributed by atoms with Gasteiger partial charge in [-0.2, -0.15) is 0 Å². The molecule has 0 aliphatic heterocycles. The zero-order chi connectivity index (χ0) is 50.2. The molecule has 0 amide bonds. The fourth-order valence-electron chi connectivity index (χ4n) is 12.4. The number of nitrogens with zero attached hydrogens (tertiary/aromatic N) is 2. The number of hydrogen-bond donors (Lipinski definition) is 0. The summed E-state index contributed by atoms with van der Waals surface area (Å²) in [6.45, 7) is 0. The van der Waals surface area contributed by atoms with Crippen molar-refractivity contribution in [1.82, 2.24) is 4.57 Å². The van der Waals surface area contributed by atoms with Gasteiger partial charge in [-0.05, 0) is 158 Å². The fraction of sp³-hybridized carbons (Fsp3) is 0.0137. The van der Waals surface area contributed by atoms with Crippen molar-refractivity contribution in [3.8, 4) is 50.2 Å². The molecule has 0 atom stereocenters. The average molecular weight is 985 g/mol. The van der Waals surface area contributed by atoms with Crippen LogP contribution in [0.25, 0.3) is 92.2 Å². The minimum Gasteiger partial charge on any atom is -0.310 e. The van der Waals surface area contributed by atoms with Crippen molar-refractivity contribution in [2.75, 3.05) is 4.90 Å². The van der Waals surface area contributed by atoms with Crippen molar-refractivity contribution in [2.24, 2.45) is 0 Å². The van der Waals surface area contributed by atoms with Crippen LogP contribution in [0.2, 0.25) is 0 Å². The van der Waals surface area contributed by atoms with E-state index >= 15 is 0 Å². The maximum absolute atomic E-state index is 2.47. The first kappa shape index (κ1) is 44.0. The van der Waals surface area contributed by atoms with E-state index in [1.165, 1.54) is 109 Å². The number of aromatic nitrogens is 1. The molecule has 0 spiro atoms. The Labute approximate surface area is 446 Å². The van der Waals surface area contributed by atoms with Crippen LogP contribution >= 0.6 is 11.3 Å². The summed E-state index contributed by atoms with van der Waals surface area (Å²) in [5.41, 5.74) is 21.1. The van der Waals surface area contributed by atoms with E-state index in [0.717, 1.165) is 22.6 Å². The monoisotopic (exact) mass is 984 g/mol. The van der Waals surface area contributed by atoms with Gasteiger partial charge in [-0.25, -0.2) is 0 Å².